The number of aromatic nitrogens is 1. The molecular weight excluding hydrogens is 352 g/mol. The lowest BCUT2D eigenvalue weighted by Gasteiger charge is -2.36. The number of benzene rings is 1. The Balaban J connectivity index is 1.39. The summed E-state index contributed by atoms with van der Waals surface area (Å²) in [6, 6.07) is 10.1. The van der Waals surface area contributed by atoms with Gasteiger partial charge in [0.25, 0.3) is 5.91 Å². The van der Waals surface area contributed by atoms with E-state index < -0.39 is 0 Å². The minimum atomic E-state index is -0.141. The summed E-state index contributed by atoms with van der Waals surface area (Å²) in [5.41, 5.74) is 5.11. The van der Waals surface area contributed by atoms with Crippen molar-refractivity contribution < 1.29 is 9.59 Å². The van der Waals surface area contributed by atoms with Crippen molar-refractivity contribution in [2.75, 3.05) is 37.6 Å². The van der Waals surface area contributed by atoms with E-state index in [1.165, 1.54) is 16.8 Å². The standard InChI is InChI=1S/C22H26N4O2/c1-15-3-6-20(16(2)13-15)25-9-11-26(12-10-25)22(28)19-5-4-17(14-24-19)18-7-8-23-21(18)27/h3-6,13-14,18H,7-12H2,1-2H3,(H,23,27). The van der Waals surface area contributed by atoms with Crippen molar-refractivity contribution in [2.24, 2.45) is 0 Å². The maximum atomic E-state index is 12.8. The molecule has 0 spiro atoms. The van der Waals surface area contributed by atoms with Crippen LogP contribution >= 0.6 is 0 Å². The van der Waals surface area contributed by atoms with Gasteiger partial charge in [-0.1, -0.05) is 23.8 Å². The van der Waals surface area contributed by atoms with Crippen LogP contribution in [-0.4, -0.2) is 54.4 Å². The predicted molar refractivity (Wildman–Crippen MR) is 109 cm³/mol. The number of rotatable bonds is 3. The summed E-state index contributed by atoms with van der Waals surface area (Å²) in [7, 11) is 0. The average molecular weight is 378 g/mol. The highest BCUT2D eigenvalue weighted by atomic mass is 16.2. The van der Waals surface area contributed by atoms with Crippen LogP contribution in [-0.2, 0) is 4.79 Å². The van der Waals surface area contributed by atoms with Crippen LogP contribution in [0.1, 0.15) is 39.5 Å². The van der Waals surface area contributed by atoms with Crippen molar-refractivity contribution in [3.05, 3.63) is 58.9 Å². The summed E-state index contributed by atoms with van der Waals surface area (Å²) in [6.07, 6.45) is 2.46. The van der Waals surface area contributed by atoms with Crippen molar-refractivity contribution in [3.63, 3.8) is 0 Å². The summed E-state index contributed by atoms with van der Waals surface area (Å²) in [5, 5.41) is 2.84. The van der Waals surface area contributed by atoms with E-state index in [2.05, 4.69) is 47.2 Å². The van der Waals surface area contributed by atoms with Gasteiger partial charge in [0, 0.05) is 44.6 Å². The van der Waals surface area contributed by atoms with Gasteiger partial charge in [0.05, 0.1) is 5.92 Å². The molecule has 1 unspecified atom stereocenters. The van der Waals surface area contributed by atoms with E-state index in [9.17, 15) is 9.59 Å². The van der Waals surface area contributed by atoms with Gasteiger partial charge in [-0.25, -0.2) is 0 Å². The zero-order valence-corrected chi connectivity index (χ0v) is 16.4. The fourth-order valence-electron chi connectivity index (χ4n) is 4.12. The minimum absolute atomic E-state index is 0.0392. The molecule has 0 saturated carbocycles. The Morgan fingerprint density at radius 2 is 1.89 bits per heavy atom. The van der Waals surface area contributed by atoms with Crippen molar-refractivity contribution in [1.29, 1.82) is 0 Å². The van der Waals surface area contributed by atoms with Gasteiger partial charge in [-0.05, 0) is 43.5 Å². The molecule has 1 aromatic carbocycles. The number of nitrogens with one attached hydrogen (secondary N) is 1. The molecule has 2 saturated heterocycles. The van der Waals surface area contributed by atoms with Crippen molar-refractivity contribution in [2.45, 2.75) is 26.2 Å². The van der Waals surface area contributed by atoms with Crippen molar-refractivity contribution in [1.82, 2.24) is 15.2 Å². The third-order valence-corrected chi connectivity index (χ3v) is 5.72. The Labute approximate surface area is 165 Å². The zero-order valence-electron chi connectivity index (χ0n) is 16.4. The van der Waals surface area contributed by atoms with Crippen LogP contribution in [0, 0.1) is 13.8 Å². The quantitative estimate of drug-likeness (QED) is 0.890. The molecule has 6 heteroatoms. The van der Waals surface area contributed by atoms with Gasteiger partial charge in [0.2, 0.25) is 5.91 Å². The molecule has 1 N–H and O–H groups in total. The number of anilines is 1. The fraction of sp³-hybridized carbons (Fsp3) is 0.409. The Morgan fingerprint density at radius 3 is 2.50 bits per heavy atom. The molecule has 2 amide bonds. The molecule has 2 fully saturated rings. The fourth-order valence-corrected chi connectivity index (χ4v) is 4.12. The van der Waals surface area contributed by atoms with E-state index in [1.807, 2.05) is 11.0 Å². The maximum absolute atomic E-state index is 12.8. The van der Waals surface area contributed by atoms with Crippen LogP contribution in [0.5, 0.6) is 0 Å². The van der Waals surface area contributed by atoms with E-state index in [4.69, 9.17) is 0 Å². The maximum Gasteiger partial charge on any atom is 0.272 e. The number of carbonyl (C=O) groups excluding carboxylic acids is 2. The van der Waals surface area contributed by atoms with E-state index in [1.54, 1.807) is 12.3 Å². The second-order valence-corrected chi connectivity index (χ2v) is 7.68. The molecule has 28 heavy (non-hydrogen) atoms. The Bertz CT molecular complexity index is 886. The van der Waals surface area contributed by atoms with Crippen LogP contribution in [0.2, 0.25) is 0 Å². The zero-order chi connectivity index (χ0) is 19.7. The average Bonchev–Trinajstić information content (AvgIpc) is 3.14. The van der Waals surface area contributed by atoms with Gasteiger partial charge in [-0.3, -0.25) is 14.6 Å². The lowest BCUT2D eigenvalue weighted by Crippen LogP contribution is -2.49. The van der Waals surface area contributed by atoms with Crippen LogP contribution in [0.15, 0.2) is 36.5 Å². The van der Waals surface area contributed by atoms with Crippen LogP contribution in [0.3, 0.4) is 0 Å². The Kier molecular flexibility index (Phi) is 5.03. The number of pyridine rings is 1. The molecule has 2 aliphatic heterocycles. The predicted octanol–water partition coefficient (Wildman–Crippen LogP) is 2.26. The van der Waals surface area contributed by atoms with E-state index in [-0.39, 0.29) is 17.7 Å². The van der Waals surface area contributed by atoms with E-state index >= 15 is 0 Å². The van der Waals surface area contributed by atoms with Gasteiger partial charge in [-0.15, -0.1) is 0 Å². The van der Waals surface area contributed by atoms with Gasteiger partial charge in [0.1, 0.15) is 5.69 Å². The second kappa shape index (κ2) is 7.62. The molecular formula is C22H26N4O2. The normalized spacial score (nSPS) is 19.6. The monoisotopic (exact) mass is 378 g/mol. The number of carbonyl (C=O) groups is 2. The summed E-state index contributed by atoms with van der Waals surface area (Å²) >= 11 is 0. The smallest absolute Gasteiger partial charge is 0.272 e. The van der Waals surface area contributed by atoms with E-state index in [0.29, 0.717) is 25.3 Å². The van der Waals surface area contributed by atoms with Crippen LogP contribution in [0.25, 0.3) is 0 Å². The van der Waals surface area contributed by atoms with Crippen LogP contribution < -0.4 is 10.2 Å². The molecule has 3 heterocycles. The van der Waals surface area contributed by atoms with Gasteiger partial charge in [0.15, 0.2) is 0 Å². The summed E-state index contributed by atoms with van der Waals surface area (Å²) in [4.78, 5) is 33.2. The summed E-state index contributed by atoms with van der Waals surface area (Å²) < 4.78 is 0. The number of hydrogen-bond acceptors (Lipinski definition) is 4. The summed E-state index contributed by atoms with van der Waals surface area (Å²) in [6.45, 7) is 7.93. The molecule has 1 atom stereocenters. The third-order valence-electron chi connectivity index (χ3n) is 5.72. The highest BCUT2D eigenvalue weighted by molar-refractivity contribution is 5.92. The first-order chi connectivity index (χ1) is 13.5. The molecule has 2 aromatic rings. The molecule has 1 aromatic heterocycles. The van der Waals surface area contributed by atoms with Crippen molar-refractivity contribution in [3.8, 4) is 0 Å². The van der Waals surface area contributed by atoms with Crippen molar-refractivity contribution >= 4 is 17.5 Å². The third kappa shape index (κ3) is 3.59. The molecule has 0 bridgehead atoms. The molecule has 4 rings (SSSR count). The Morgan fingerprint density at radius 1 is 1.11 bits per heavy atom. The molecule has 146 valence electrons. The largest absolute Gasteiger partial charge is 0.368 e. The van der Waals surface area contributed by atoms with Gasteiger partial charge < -0.3 is 15.1 Å². The number of nitrogens with zero attached hydrogens (tertiary/aromatic N) is 3. The van der Waals surface area contributed by atoms with Crippen LogP contribution in [0.4, 0.5) is 5.69 Å². The first kappa shape index (κ1) is 18.5. The second-order valence-electron chi connectivity index (χ2n) is 7.68. The highest BCUT2D eigenvalue weighted by Gasteiger charge is 2.27. The minimum Gasteiger partial charge on any atom is -0.368 e. The first-order valence-corrected chi connectivity index (χ1v) is 9.88. The van der Waals surface area contributed by atoms with E-state index in [0.717, 1.165) is 25.1 Å². The van der Waals surface area contributed by atoms with Gasteiger partial charge in [-0.2, -0.15) is 0 Å². The number of piperazine rings is 1. The molecule has 2 aliphatic rings. The number of aryl methyl sites for hydroxylation is 2. The molecule has 0 radical (unpaired) electrons. The lowest BCUT2D eigenvalue weighted by atomic mass is 9.99. The first-order valence-electron chi connectivity index (χ1n) is 9.88. The Hall–Kier alpha value is -2.89. The summed E-state index contributed by atoms with van der Waals surface area (Å²) in [5.74, 6) is -0.135. The number of hydrogen-bond donors (Lipinski definition) is 1. The number of amides is 2. The molecule has 6 nitrogen and oxygen atoms in total. The molecule has 0 aliphatic carbocycles. The highest BCUT2D eigenvalue weighted by Crippen LogP contribution is 2.24. The topological polar surface area (TPSA) is 65.5 Å². The SMILES string of the molecule is Cc1ccc(N2CCN(C(=O)c3ccc(C4CCNC4=O)cn3)CC2)c(C)c1. The lowest BCUT2D eigenvalue weighted by molar-refractivity contribution is -0.120. The van der Waals surface area contributed by atoms with Gasteiger partial charge >= 0.3 is 0 Å².